The van der Waals surface area contributed by atoms with Crippen molar-refractivity contribution in [3.63, 3.8) is 0 Å². The Morgan fingerprint density at radius 3 is 2.61 bits per heavy atom. The van der Waals surface area contributed by atoms with E-state index in [1.54, 1.807) is 11.3 Å². The Hall–Kier alpha value is -0.770. The van der Waals surface area contributed by atoms with Gasteiger partial charge in [-0.25, -0.2) is 0 Å². The molecule has 0 aliphatic heterocycles. The van der Waals surface area contributed by atoms with Gasteiger partial charge in [-0.1, -0.05) is 19.1 Å². The summed E-state index contributed by atoms with van der Waals surface area (Å²) in [5.41, 5.74) is 2.34. The highest BCUT2D eigenvalue weighted by molar-refractivity contribution is 7.99. The van der Waals surface area contributed by atoms with Crippen molar-refractivity contribution in [2.45, 2.75) is 30.8 Å². The number of thiophene rings is 1. The summed E-state index contributed by atoms with van der Waals surface area (Å²) < 4.78 is 0. The van der Waals surface area contributed by atoms with Crippen LogP contribution in [0.1, 0.15) is 30.6 Å². The Labute approximate surface area is 117 Å². The molecule has 1 heterocycles. The van der Waals surface area contributed by atoms with Gasteiger partial charge in [0.1, 0.15) is 0 Å². The van der Waals surface area contributed by atoms with Gasteiger partial charge < -0.3 is 5.11 Å². The van der Waals surface area contributed by atoms with Gasteiger partial charge in [0.15, 0.2) is 0 Å². The van der Waals surface area contributed by atoms with Crippen LogP contribution >= 0.6 is 23.1 Å². The number of rotatable bonds is 6. The van der Waals surface area contributed by atoms with E-state index in [2.05, 4.69) is 35.9 Å². The molecular formula is C15H18OS2. The van der Waals surface area contributed by atoms with Crippen LogP contribution in [-0.4, -0.2) is 10.9 Å². The second kappa shape index (κ2) is 6.98. The summed E-state index contributed by atoms with van der Waals surface area (Å²) in [5.74, 6) is 1.08. The Bertz CT molecular complexity index is 448. The summed E-state index contributed by atoms with van der Waals surface area (Å²) in [7, 11) is 0. The Balaban J connectivity index is 1.89. The van der Waals surface area contributed by atoms with Crippen molar-refractivity contribution in [2.75, 3.05) is 5.75 Å². The lowest BCUT2D eigenvalue weighted by Crippen LogP contribution is -1.99. The second-order valence-corrected chi connectivity index (χ2v) is 6.31. The van der Waals surface area contributed by atoms with E-state index in [1.165, 1.54) is 10.5 Å². The molecule has 2 rings (SSSR count). The van der Waals surface area contributed by atoms with Crippen molar-refractivity contribution in [2.24, 2.45) is 0 Å². The highest BCUT2D eigenvalue weighted by atomic mass is 32.2. The number of aliphatic hydroxyl groups is 1. The molecule has 1 unspecified atom stereocenters. The fraction of sp³-hybridized carbons (Fsp3) is 0.333. The van der Waals surface area contributed by atoms with Gasteiger partial charge in [-0.15, -0.1) is 11.8 Å². The summed E-state index contributed by atoms with van der Waals surface area (Å²) in [6.07, 6.45) is 1.37. The molecule has 0 fully saturated rings. The first-order chi connectivity index (χ1) is 8.79. The minimum atomic E-state index is -0.356. The van der Waals surface area contributed by atoms with Gasteiger partial charge >= 0.3 is 0 Å². The highest BCUT2D eigenvalue weighted by Gasteiger charge is 2.07. The van der Waals surface area contributed by atoms with Gasteiger partial charge in [-0.3, -0.25) is 0 Å². The van der Waals surface area contributed by atoms with E-state index in [-0.39, 0.29) is 6.10 Å². The molecule has 0 saturated heterocycles. The molecule has 96 valence electrons. The third kappa shape index (κ3) is 3.87. The molecule has 1 atom stereocenters. The maximum Gasteiger partial charge on any atom is 0.0793 e. The normalized spacial score (nSPS) is 12.6. The SMILES string of the molecule is CCSc1ccc(C(O)CCc2ccsc2)cc1. The van der Waals surface area contributed by atoms with Crippen LogP contribution in [0.25, 0.3) is 0 Å². The minimum Gasteiger partial charge on any atom is -0.388 e. The van der Waals surface area contributed by atoms with Crippen molar-refractivity contribution >= 4 is 23.1 Å². The van der Waals surface area contributed by atoms with Crippen molar-refractivity contribution < 1.29 is 5.11 Å². The molecule has 0 radical (unpaired) electrons. The van der Waals surface area contributed by atoms with Gasteiger partial charge in [-0.05, 0) is 58.7 Å². The first kappa shape index (κ1) is 13.7. The van der Waals surface area contributed by atoms with Crippen molar-refractivity contribution in [3.8, 4) is 0 Å². The molecule has 0 aliphatic rings. The van der Waals surface area contributed by atoms with Gasteiger partial charge in [0, 0.05) is 4.90 Å². The maximum atomic E-state index is 10.1. The number of benzene rings is 1. The standard InChI is InChI=1S/C15H18OS2/c1-2-18-14-6-4-13(5-7-14)15(16)8-3-12-9-10-17-11-12/h4-7,9-11,15-16H,2-3,8H2,1H3. The van der Waals surface area contributed by atoms with Crippen LogP contribution in [0.4, 0.5) is 0 Å². The molecule has 0 spiro atoms. The number of aryl methyl sites for hydroxylation is 1. The molecule has 0 amide bonds. The van der Waals surface area contributed by atoms with Crippen molar-refractivity contribution in [1.82, 2.24) is 0 Å². The average molecular weight is 278 g/mol. The first-order valence-electron chi connectivity index (χ1n) is 6.21. The zero-order valence-corrected chi connectivity index (χ0v) is 12.1. The first-order valence-corrected chi connectivity index (χ1v) is 8.14. The smallest absolute Gasteiger partial charge is 0.0793 e. The van der Waals surface area contributed by atoms with E-state index in [4.69, 9.17) is 0 Å². The lowest BCUT2D eigenvalue weighted by molar-refractivity contribution is 0.168. The summed E-state index contributed by atoms with van der Waals surface area (Å²) in [6, 6.07) is 10.4. The number of thioether (sulfide) groups is 1. The molecule has 1 aromatic heterocycles. The molecule has 3 heteroatoms. The fourth-order valence-electron chi connectivity index (χ4n) is 1.86. The third-order valence-corrected chi connectivity index (χ3v) is 4.49. The van der Waals surface area contributed by atoms with Gasteiger partial charge in [-0.2, -0.15) is 11.3 Å². The molecule has 18 heavy (non-hydrogen) atoms. The molecule has 0 aliphatic carbocycles. The van der Waals surface area contributed by atoms with Crippen LogP contribution in [0.2, 0.25) is 0 Å². The molecule has 1 aromatic carbocycles. The van der Waals surface area contributed by atoms with Crippen LogP contribution in [0.15, 0.2) is 46.0 Å². The number of hydrogen-bond acceptors (Lipinski definition) is 3. The zero-order valence-electron chi connectivity index (χ0n) is 10.5. The van der Waals surface area contributed by atoms with Crippen LogP contribution in [0.3, 0.4) is 0 Å². The van der Waals surface area contributed by atoms with Gasteiger partial charge in [0.2, 0.25) is 0 Å². The largest absolute Gasteiger partial charge is 0.388 e. The summed E-state index contributed by atoms with van der Waals surface area (Å²) in [5, 5.41) is 14.4. The van der Waals surface area contributed by atoms with E-state index in [0.29, 0.717) is 0 Å². The summed E-state index contributed by atoms with van der Waals surface area (Å²) >= 11 is 3.54. The van der Waals surface area contributed by atoms with E-state index in [0.717, 1.165) is 24.2 Å². The lowest BCUT2D eigenvalue weighted by atomic mass is 10.0. The zero-order chi connectivity index (χ0) is 12.8. The topological polar surface area (TPSA) is 20.2 Å². The van der Waals surface area contributed by atoms with Crippen LogP contribution in [0, 0.1) is 0 Å². The average Bonchev–Trinajstić information content (AvgIpc) is 2.90. The summed E-state index contributed by atoms with van der Waals surface area (Å²) in [6.45, 7) is 2.15. The van der Waals surface area contributed by atoms with Crippen LogP contribution in [0.5, 0.6) is 0 Å². The van der Waals surface area contributed by atoms with E-state index in [9.17, 15) is 5.11 Å². The van der Waals surface area contributed by atoms with E-state index >= 15 is 0 Å². The van der Waals surface area contributed by atoms with Crippen molar-refractivity contribution in [3.05, 3.63) is 52.2 Å². The van der Waals surface area contributed by atoms with Gasteiger partial charge in [0.25, 0.3) is 0 Å². The minimum absolute atomic E-state index is 0.356. The number of hydrogen-bond donors (Lipinski definition) is 1. The quantitative estimate of drug-likeness (QED) is 0.784. The van der Waals surface area contributed by atoms with Gasteiger partial charge in [0.05, 0.1) is 6.10 Å². The Morgan fingerprint density at radius 1 is 1.22 bits per heavy atom. The fourth-order valence-corrected chi connectivity index (χ4v) is 3.22. The molecule has 0 saturated carbocycles. The Morgan fingerprint density at radius 2 is 2.00 bits per heavy atom. The van der Waals surface area contributed by atoms with E-state index < -0.39 is 0 Å². The van der Waals surface area contributed by atoms with E-state index in [1.807, 2.05) is 23.9 Å². The molecule has 0 bridgehead atoms. The molecule has 1 N–H and O–H groups in total. The highest BCUT2D eigenvalue weighted by Crippen LogP contribution is 2.23. The monoisotopic (exact) mass is 278 g/mol. The molecular weight excluding hydrogens is 260 g/mol. The van der Waals surface area contributed by atoms with Crippen molar-refractivity contribution in [1.29, 1.82) is 0 Å². The molecule has 1 nitrogen and oxygen atoms in total. The predicted molar refractivity (Wildman–Crippen MR) is 80.4 cm³/mol. The lowest BCUT2D eigenvalue weighted by Gasteiger charge is -2.11. The van der Waals surface area contributed by atoms with Crippen LogP contribution in [-0.2, 0) is 6.42 Å². The second-order valence-electron chi connectivity index (χ2n) is 4.19. The summed E-state index contributed by atoms with van der Waals surface area (Å²) in [4.78, 5) is 1.27. The predicted octanol–water partition coefficient (Wildman–Crippen LogP) is 4.53. The number of aliphatic hydroxyl groups excluding tert-OH is 1. The molecule has 2 aromatic rings. The Kier molecular flexibility index (Phi) is 5.29. The maximum absolute atomic E-state index is 10.1. The third-order valence-electron chi connectivity index (χ3n) is 2.86. The van der Waals surface area contributed by atoms with Crippen LogP contribution < -0.4 is 0 Å².